The van der Waals surface area contributed by atoms with Crippen molar-refractivity contribution >= 4 is 5.91 Å². The molecule has 9 rings (SSSR count). The molecule has 1 N–H and O–H groups in total. The molecular weight excluding hydrogens is 568 g/mol. The third-order valence-corrected chi connectivity index (χ3v) is 9.75. The average molecular weight is 594 g/mol. The number of aromatic nitrogens is 4. The van der Waals surface area contributed by atoms with E-state index in [1.807, 2.05) is 0 Å². The van der Waals surface area contributed by atoms with Crippen molar-refractivity contribution in [1.82, 2.24) is 25.4 Å². The molecule has 4 aliphatic carbocycles. The second-order valence-electron chi connectivity index (χ2n) is 12.1. The van der Waals surface area contributed by atoms with Crippen molar-refractivity contribution in [2.75, 3.05) is 6.61 Å². The zero-order chi connectivity index (χ0) is 29.5. The zero-order valence-electron chi connectivity index (χ0n) is 22.1. The fourth-order valence-electron chi connectivity index (χ4n) is 7.09. The summed E-state index contributed by atoms with van der Waals surface area (Å²) in [5, 5.41) is 6.33. The van der Waals surface area contributed by atoms with E-state index < -0.39 is 46.5 Å². The molecule has 4 heterocycles. The summed E-state index contributed by atoms with van der Waals surface area (Å²) in [4.78, 5) is 24.2. The summed E-state index contributed by atoms with van der Waals surface area (Å²) in [5.41, 5.74) is -2.11. The molecule has 2 saturated heterocycles. The number of fused-ring (bicyclic) bond motifs is 3. The number of carbonyl (C=O) groups excluding carboxylic acids is 1. The molecule has 3 aromatic rings. The fraction of sp³-hybridized carbons (Fsp3) is 0.536. The smallest absolute Gasteiger partial charge is 0.369 e. The van der Waals surface area contributed by atoms with Crippen LogP contribution in [-0.2, 0) is 27.1 Å². The lowest BCUT2D eigenvalue weighted by molar-refractivity contribution is -0.243. The van der Waals surface area contributed by atoms with Gasteiger partial charge in [-0.25, -0.2) is 14.4 Å². The molecular formula is C28H25F6N5O3. The Morgan fingerprint density at radius 1 is 1.02 bits per heavy atom. The van der Waals surface area contributed by atoms with Crippen LogP contribution in [0.5, 0.6) is 0 Å². The third kappa shape index (κ3) is 3.97. The number of amides is 1. The van der Waals surface area contributed by atoms with E-state index >= 15 is 4.39 Å². The largest absolute Gasteiger partial charge is 0.451 e. The van der Waals surface area contributed by atoms with Crippen LogP contribution >= 0.6 is 0 Å². The highest BCUT2D eigenvalue weighted by Crippen LogP contribution is 2.66. The topological polar surface area (TPSA) is 103 Å². The molecule has 2 aromatic heterocycles. The Morgan fingerprint density at radius 2 is 1.71 bits per heavy atom. The van der Waals surface area contributed by atoms with Gasteiger partial charge in [0.25, 0.3) is 5.89 Å². The van der Waals surface area contributed by atoms with E-state index in [1.54, 1.807) is 0 Å². The lowest BCUT2D eigenvalue weighted by Gasteiger charge is -2.62. The maximum absolute atomic E-state index is 17.8. The predicted octanol–water partition coefficient (Wildman–Crippen LogP) is 6.01. The van der Waals surface area contributed by atoms with Crippen molar-refractivity contribution in [2.24, 2.45) is 16.7 Å². The Labute approximate surface area is 235 Å². The van der Waals surface area contributed by atoms with Gasteiger partial charge in [-0.3, -0.25) is 4.79 Å². The Hall–Kier alpha value is -3.55. The highest BCUT2D eigenvalue weighted by Gasteiger charge is 2.66. The molecule has 1 amide bonds. The van der Waals surface area contributed by atoms with Crippen molar-refractivity contribution < 1.29 is 40.4 Å². The summed E-state index contributed by atoms with van der Waals surface area (Å²) >= 11 is 0. The molecule has 8 nitrogen and oxygen atoms in total. The number of ether oxygens (including phenoxy) is 1. The molecule has 2 aliphatic heterocycles. The van der Waals surface area contributed by atoms with Crippen LogP contribution in [0.15, 0.2) is 41.2 Å². The molecule has 222 valence electrons. The number of halogens is 6. The Bertz CT molecular complexity index is 1500. The van der Waals surface area contributed by atoms with Crippen LogP contribution in [-0.4, -0.2) is 32.6 Å². The second-order valence-corrected chi connectivity index (χ2v) is 12.1. The first-order chi connectivity index (χ1) is 19.9. The minimum Gasteiger partial charge on any atom is -0.369 e. The molecule has 6 fully saturated rings. The summed E-state index contributed by atoms with van der Waals surface area (Å²) in [6.07, 6.45) is -2.35. The molecule has 42 heavy (non-hydrogen) atoms. The lowest BCUT2D eigenvalue weighted by atomic mass is 9.44. The van der Waals surface area contributed by atoms with Gasteiger partial charge in [-0.15, -0.1) is 0 Å². The van der Waals surface area contributed by atoms with E-state index in [9.17, 15) is 26.7 Å². The molecule has 4 saturated carbocycles. The summed E-state index contributed by atoms with van der Waals surface area (Å²) in [6.45, 7) is -0.137. The summed E-state index contributed by atoms with van der Waals surface area (Å²) in [6, 6.07) is 5.97. The van der Waals surface area contributed by atoms with Gasteiger partial charge in [0.2, 0.25) is 23.3 Å². The average Bonchev–Trinajstić information content (AvgIpc) is 3.43. The maximum atomic E-state index is 17.8. The van der Waals surface area contributed by atoms with Gasteiger partial charge in [0.1, 0.15) is 0 Å². The van der Waals surface area contributed by atoms with Gasteiger partial charge in [-0.1, -0.05) is 23.4 Å². The number of hydrogen-bond acceptors (Lipinski definition) is 7. The maximum Gasteiger partial charge on any atom is 0.451 e. The number of alkyl halides is 6. The highest BCUT2D eigenvalue weighted by atomic mass is 19.4. The number of carbonyl (C=O) groups is 1. The molecule has 6 aliphatic rings. The van der Waals surface area contributed by atoms with Gasteiger partial charge in [-0.2, -0.15) is 26.9 Å². The molecule has 4 bridgehead atoms. The first kappa shape index (κ1) is 27.3. The van der Waals surface area contributed by atoms with Crippen LogP contribution in [0.2, 0.25) is 0 Å². The Kier molecular flexibility index (Phi) is 5.83. The lowest BCUT2D eigenvalue weighted by Crippen LogP contribution is -2.68. The molecule has 1 unspecified atom stereocenters. The van der Waals surface area contributed by atoms with E-state index in [0.29, 0.717) is 30.7 Å². The SMILES string of the molecule is O=C(NC(F)(c1cccc(-c2noc(C(F)F)n2)c1)C12CCC(c3cnc(C(F)(F)F)nc3)(CC1)OC2)C12CC(C1)C2. The molecule has 14 heteroatoms. The molecule has 1 aromatic carbocycles. The monoisotopic (exact) mass is 593 g/mol. The van der Waals surface area contributed by atoms with Crippen molar-refractivity contribution in [2.45, 2.75) is 68.9 Å². The van der Waals surface area contributed by atoms with Gasteiger partial charge in [-0.05, 0) is 56.9 Å². The van der Waals surface area contributed by atoms with Crippen LogP contribution in [0, 0.1) is 16.7 Å². The van der Waals surface area contributed by atoms with Crippen LogP contribution in [0.3, 0.4) is 0 Å². The van der Waals surface area contributed by atoms with Crippen molar-refractivity contribution in [3.8, 4) is 11.4 Å². The summed E-state index contributed by atoms with van der Waals surface area (Å²) in [7, 11) is 0. The number of rotatable bonds is 7. The Balaban J connectivity index is 1.22. The minimum atomic E-state index is -4.69. The number of hydrogen-bond donors (Lipinski definition) is 1. The van der Waals surface area contributed by atoms with Crippen LogP contribution < -0.4 is 5.32 Å². The van der Waals surface area contributed by atoms with E-state index in [4.69, 9.17) is 4.74 Å². The minimum absolute atomic E-state index is 0.0826. The third-order valence-electron chi connectivity index (χ3n) is 9.75. The first-order valence-electron chi connectivity index (χ1n) is 13.7. The van der Waals surface area contributed by atoms with Gasteiger partial charge in [0.15, 0.2) is 0 Å². The normalized spacial score (nSPS) is 31.3. The van der Waals surface area contributed by atoms with Crippen molar-refractivity contribution in [1.29, 1.82) is 0 Å². The van der Waals surface area contributed by atoms with Gasteiger partial charge < -0.3 is 14.6 Å². The number of nitrogens with zero attached hydrogens (tertiary/aromatic N) is 4. The summed E-state index contributed by atoms with van der Waals surface area (Å²) in [5.74, 6) is -4.60. The van der Waals surface area contributed by atoms with Crippen LogP contribution in [0.25, 0.3) is 11.4 Å². The van der Waals surface area contributed by atoms with E-state index in [-0.39, 0.29) is 55.1 Å². The second kappa shape index (κ2) is 8.98. The van der Waals surface area contributed by atoms with Gasteiger partial charge in [0, 0.05) is 29.1 Å². The van der Waals surface area contributed by atoms with Gasteiger partial charge in [0.05, 0.1) is 23.0 Å². The van der Waals surface area contributed by atoms with Crippen LogP contribution in [0.4, 0.5) is 26.3 Å². The standard InChI is InChI=1S/C28H25F6N5O3/c29-19(30)21-37-20(39-42-21)16-2-1-3-17(8-16)27(31,38-23(40)24-9-15(10-24)11-24)25-4-6-26(7-5-25,41-14-25)18-12-35-22(36-13-18)28(32,33)34/h1-3,8,12-13,15,19H,4-7,9-11,14H2,(H,38,40). The van der Waals surface area contributed by atoms with E-state index in [2.05, 4.69) is 29.9 Å². The predicted molar refractivity (Wildman–Crippen MR) is 131 cm³/mol. The molecule has 1 atom stereocenters. The highest BCUT2D eigenvalue weighted by molar-refractivity contribution is 5.86. The number of nitrogens with one attached hydrogen (secondary N) is 1. The van der Waals surface area contributed by atoms with E-state index in [1.165, 1.54) is 24.3 Å². The van der Waals surface area contributed by atoms with Crippen molar-refractivity contribution in [3.63, 3.8) is 0 Å². The van der Waals surface area contributed by atoms with Gasteiger partial charge >= 0.3 is 12.6 Å². The zero-order valence-corrected chi connectivity index (χ0v) is 22.1. The fourth-order valence-corrected chi connectivity index (χ4v) is 7.09. The summed E-state index contributed by atoms with van der Waals surface area (Å²) < 4.78 is 93.8. The van der Waals surface area contributed by atoms with E-state index in [0.717, 1.165) is 12.4 Å². The Morgan fingerprint density at radius 3 is 2.24 bits per heavy atom. The van der Waals surface area contributed by atoms with Crippen LogP contribution in [0.1, 0.15) is 74.2 Å². The quantitative estimate of drug-likeness (QED) is 0.265. The van der Waals surface area contributed by atoms with Crippen molar-refractivity contribution in [3.05, 3.63) is 59.5 Å². The number of benzene rings is 1. The molecule has 0 spiro atoms. The molecule has 0 radical (unpaired) electrons. The first-order valence-corrected chi connectivity index (χ1v) is 13.7.